The summed E-state index contributed by atoms with van der Waals surface area (Å²) < 4.78 is 4.71. The molecular formula is C17H19NO3S. The summed E-state index contributed by atoms with van der Waals surface area (Å²) in [6, 6.07) is 11.3. The summed E-state index contributed by atoms with van der Waals surface area (Å²) in [6.45, 7) is 2.01. The molecule has 1 atom stereocenters. The van der Waals surface area contributed by atoms with Crippen LogP contribution in [0, 0.1) is 6.92 Å². The van der Waals surface area contributed by atoms with Gasteiger partial charge >= 0.3 is 5.97 Å². The third-order valence-electron chi connectivity index (χ3n) is 3.31. The highest BCUT2D eigenvalue weighted by Crippen LogP contribution is 2.22. The summed E-state index contributed by atoms with van der Waals surface area (Å²) in [5.74, 6) is -0.444. The lowest BCUT2D eigenvalue weighted by molar-refractivity contribution is -0.141. The molecule has 0 aliphatic heterocycles. The minimum atomic E-state index is -0.342. The first-order valence-corrected chi connectivity index (χ1v) is 7.91. The third kappa shape index (κ3) is 4.70. The first-order valence-electron chi connectivity index (χ1n) is 7.03. The number of benzene rings is 1. The molecule has 1 heterocycles. The van der Waals surface area contributed by atoms with Crippen LogP contribution in [0.3, 0.4) is 0 Å². The van der Waals surface area contributed by atoms with Gasteiger partial charge in [-0.3, -0.25) is 9.59 Å². The molecule has 0 saturated carbocycles. The Morgan fingerprint density at radius 3 is 2.55 bits per heavy atom. The highest BCUT2D eigenvalue weighted by atomic mass is 32.1. The lowest BCUT2D eigenvalue weighted by Crippen LogP contribution is -2.31. The van der Waals surface area contributed by atoms with Crippen LogP contribution >= 0.6 is 11.3 Å². The number of esters is 1. The summed E-state index contributed by atoms with van der Waals surface area (Å²) in [5.41, 5.74) is 2.11. The van der Waals surface area contributed by atoms with E-state index in [0.29, 0.717) is 6.42 Å². The second kappa shape index (κ2) is 7.75. The number of amides is 1. The Labute approximate surface area is 134 Å². The van der Waals surface area contributed by atoms with E-state index >= 15 is 0 Å². The molecular weight excluding hydrogens is 298 g/mol. The number of carbonyl (C=O) groups excluding carboxylic acids is 2. The number of ether oxygens (including phenoxy) is 1. The molecule has 0 bridgehead atoms. The van der Waals surface area contributed by atoms with Gasteiger partial charge in [0.2, 0.25) is 5.91 Å². The lowest BCUT2D eigenvalue weighted by atomic mass is 10.1. The van der Waals surface area contributed by atoms with E-state index in [0.717, 1.165) is 16.0 Å². The van der Waals surface area contributed by atoms with E-state index < -0.39 is 0 Å². The van der Waals surface area contributed by atoms with Crippen molar-refractivity contribution < 1.29 is 14.3 Å². The maximum Gasteiger partial charge on any atom is 0.307 e. The van der Waals surface area contributed by atoms with Gasteiger partial charge in [-0.05, 0) is 23.9 Å². The molecule has 0 aliphatic rings. The fourth-order valence-corrected chi connectivity index (χ4v) is 2.88. The molecule has 5 heteroatoms. The van der Waals surface area contributed by atoms with E-state index in [1.807, 2.05) is 48.7 Å². The van der Waals surface area contributed by atoms with Crippen LogP contribution in [0.15, 0.2) is 41.8 Å². The molecule has 2 rings (SSSR count). The normalized spacial score (nSPS) is 11.7. The second-order valence-electron chi connectivity index (χ2n) is 5.08. The van der Waals surface area contributed by atoms with Gasteiger partial charge in [-0.15, -0.1) is 11.3 Å². The lowest BCUT2D eigenvalue weighted by Gasteiger charge is -2.16. The van der Waals surface area contributed by atoms with Gasteiger partial charge in [-0.2, -0.15) is 0 Å². The molecule has 0 radical (unpaired) electrons. The summed E-state index contributed by atoms with van der Waals surface area (Å²) >= 11 is 1.51. The highest BCUT2D eigenvalue weighted by Gasteiger charge is 2.19. The molecule has 22 heavy (non-hydrogen) atoms. The monoisotopic (exact) mass is 317 g/mol. The van der Waals surface area contributed by atoms with Crippen molar-refractivity contribution in [2.75, 3.05) is 7.11 Å². The first-order chi connectivity index (χ1) is 10.6. The fraction of sp³-hybridized carbons (Fsp3) is 0.294. The van der Waals surface area contributed by atoms with Crippen LogP contribution in [0.5, 0.6) is 0 Å². The van der Waals surface area contributed by atoms with Gasteiger partial charge in [0.1, 0.15) is 0 Å². The molecule has 116 valence electrons. The fourth-order valence-electron chi connectivity index (χ4n) is 2.10. The molecule has 4 nitrogen and oxygen atoms in total. The summed E-state index contributed by atoms with van der Waals surface area (Å²) in [4.78, 5) is 24.7. The van der Waals surface area contributed by atoms with Crippen molar-refractivity contribution >= 4 is 23.2 Å². The number of thiophene rings is 1. The molecule has 0 saturated heterocycles. The number of nitrogens with one attached hydrogen (secondary N) is 1. The molecule has 0 fully saturated rings. The number of hydrogen-bond acceptors (Lipinski definition) is 4. The Bertz CT molecular complexity index is 620. The number of aryl methyl sites for hydroxylation is 1. The summed E-state index contributed by atoms with van der Waals surface area (Å²) in [5, 5.41) is 4.84. The zero-order chi connectivity index (χ0) is 15.9. The van der Waals surface area contributed by atoms with Crippen LogP contribution in [0.25, 0.3) is 0 Å². The second-order valence-corrected chi connectivity index (χ2v) is 6.06. The van der Waals surface area contributed by atoms with Crippen LogP contribution in [-0.4, -0.2) is 19.0 Å². The quantitative estimate of drug-likeness (QED) is 0.833. The molecule has 0 spiro atoms. The van der Waals surface area contributed by atoms with Crippen LogP contribution in [0.1, 0.15) is 28.5 Å². The molecule has 0 aliphatic carbocycles. The Morgan fingerprint density at radius 2 is 1.95 bits per heavy atom. The van der Waals surface area contributed by atoms with Crippen molar-refractivity contribution in [3.8, 4) is 0 Å². The molecule has 1 amide bonds. The van der Waals surface area contributed by atoms with E-state index in [1.165, 1.54) is 18.4 Å². The van der Waals surface area contributed by atoms with Crippen molar-refractivity contribution in [2.45, 2.75) is 25.8 Å². The van der Waals surface area contributed by atoms with Crippen molar-refractivity contribution in [2.24, 2.45) is 0 Å². The summed E-state index contributed by atoms with van der Waals surface area (Å²) in [7, 11) is 1.35. The predicted octanol–water partition coefficient (Wildman–Crippen LogP) is 3.02. The predicted molar refractivity (Wildman–Crippen MR) is 86.7 cm³/mol. The van der Waals surface area contributed by atoms with E-state index in [9.17, 15) is 9.59 Å². The van der Waals surface area contributed by atoms with Gasteiger partial charge in [-0.25, -0.2) is 0 Å². The Kier molecular flexibility index (Phi) is 5.72. The van der Waals surface area contributed by atoms with E-state index in [-0.39, 0.29) is 24.3 Å². The maximum atomic E-state index is 12.2. The van der Waals surface area contributed by atoms with Crippen LogP contribution in [0.4, 0.5) is 0 Å². The van der Waals surface area contributed by atoms with E-state index in [4.69, 9.17) is 4.74 Å². The molecule has 1 aromatic carbocycles. The van der Waals surface area contributed by atoms with Crippen molar-refractivity contribution in [3.63, 3.8) is 0 Å². The number of carbonyl (C=O) groups is 2. The average molecular weight is 317 g/mol. The van der Waals surface area contributed by atoms with Gasteiger partial charge in [0.15, 0.2) is 0 Å². The van der Waals surface area contributed by atoms with Gasteiger partial charge in [0, 0.05) is 4.88 Å². The van der Waals surface area contributed by atoms with Crippen LogP contribution in [0.2, 0.25) is 0 Å². The zero-order valence-electron chi connectivity index (χ0n) is 12.7. The zero-order valence-corrected chi connectivity index (χ0v) is 13.5. The molecule has 2 aromatic rings. The van der Waals surface area contributed by atoms with Gasteiger partial charge in [0.05, 0.1) is 26.0 Å². The third-order valence-corrected chi connectivity index (χ3v) is 4.29. The topological polar surface area (TPSA) is 55.4 Å². The van der Waals surface area contributed by atoms with E-state index in [1.54, 1.807) is 0 Å². The molecule has 1 aromatic heterocycles. The van der Waals surface area contributed by atoms with Gasteiger partial charge in [0.25, 0.3) is 0 Å². The number of rotatable bonds is 6. The molecule has 1 N–H and O–H groups in total. The average Bonchev–Trinajstić information content (AvgIpc) is 3.03. The highest BCUT2D eigenvalue weighted by molar-refractivity contribution is 7.10. The largest absolute Gasteiger partial charge is 0.469 e. The maximum absolute atomic E-state index is 12.2. The standard InChI is InChI=1S/C17H19NO3S/c1-12-5-7-13(8-6-12)10-16(19)18-14(11-17(20)21-2)15-4-3-9-22-15/h3-9,14H,10-11H2,1-2H3,(H,18,19)/t14-/m1/s1. The first kappa shape index (κ1) is 16.2. The molecule has 0 unspecified atom stereocenters. The van der Waals surface area contributed by atoms with Gasteiger partial charge < -0.3 is 10.1 Å². The minimum Gasteiger partial charge on any atom is -0.469 e. The van der Waals surface area contributed by atoms with Crippen LogP contribution in [-0.2, 0) is 20.7 Å². The van der Waals surface area contributed by atoms with Crippen molar-refractivity contribution in [3.05, 3.63) is 57.8 Å². The van der Waals surface area contributed by atoms with Crippen molar-refractivity contribution in [1.82, 2.24) is 5.32 Å². The SMILES string of the molecule is COC(=O)C[C@@H](NC(=O)Cc1ccc(C)cc1)c1cccs1. The Morgan fingerprint density at radius 1 is 1.23 bits per heavy atom. The smallest absolute Gasteiger partial charge is 0.307 e. The van der Waals surface area contributed by atoms with Crippen molar-refractivity contribution in [1.29, 1.82) is 0 Å². The minimum absolute atomic E-state index is 0.105. The van der Waals surface area contributed by atoms with E-state index in [2.05, 4.69) is 5.32 Å². The van der Waals surface area contributed by atoms with Crippen LogP contribution < -0.4 is 5.32 Å². The summed E-state index contributed by atoms with van der Waals surface area (Å²) in [6.07, 6.45) is 0.431. The Hall–Kier alpha value is -2.14. The number of methoxy groups -OCH3 is 1. The number of hydrogen-bond donors (Lipinski definition) is 1. The van der Waals surface area contributed by atoms with Gasteiger partial charge in [-0.1, -0.05) is 35.9 Å². The Balaban J connectivity index is 2.01.